The summed E-state index contributed by atoms with van der Waals surface area (Å²) < 4.78 is 10.5. The molecule has 2 N–H and O–H groups in total. The van der Waals surface area contributed by atoms with Crippen molar-refractivity contribution in [1.82, 2.24) is 15.5 Å². The number of nitrogens with zero attached hydrogens (tertiary/aromatic N) is 2. The van der Waals surface area contributed by atoms with Crippen molar-refractivity contribution in [2.45, 2.75) is 6.54 Å². The molecule has 0 bridgehead atoms. The third-order valence-corrected chi connectivity index (χ3v) is 4.23. The summed E-state index contributed by atoms with van der Waals surface area (Å²) in [6, 6.07) is 16.2. The van der Waals surface area contributed by atoms with Crippen molar-refractivity contribution >= 4 is 29.0 Å². The Morgan fingerprint density at radius 1 is 1.00 bits per heavy atom. The summed E-state index contributed by atoms with van der Waals surface area (Å²) in [5.41, 5.74) is 1.84. The highest BCUT2D eigenvalue weighted by atomic mass is 35.5. The second-order valence-corrected chi connectivity index (χ2v) is 6.19. The maximum atomic E-state index is 12.2. The van der Waals surface area contributed by atoms with Crippen LogP contribution in [0.5, 0.6) is 11.5 Å². The number of halogens is 1. The molecule has 0 atom stereocenters. The molecule has 28 heavy (non-hydrogen) atoms. The number of anilines is 2. The lowest BCUT2D eigenvalue weighted by Gasteiger charge is -2.13. The van der Waals surface area contributed by atoms with Gasteiger partial charge in [-0.1, -0.05) is 41.9 Å². The van der Waals surface area contributed by atoms with E-state index in [1.165, 1.54) is 14.2 Å². The normalized spacial score (nSPS) is 10.2. The smallest absolute Gasteiger partial charge is 0.272 e. The summed E-state index contributed by atoms with van der Waals surface area (Å²) in [4.78, 5) is 12.2. The van der Waals surface area contributed by atoms with E-state index in [4.69, 9.17) is 21.1 Å². The van der Waals surface area contributed by atoms with Gasteiger partial charge in [-0.15, -0.1) is 10.2 Å². The second kappa shape index (κ2) is 9.05. The first-order chi connectivity index (χ1) is 13.6. The fourth-order valence-electron chi connectivity index (χ4n) is 2.48. The molecule has 0 saturated heterocycles. The van der Waals surface area contributed by atoms with Crippen LogP contribution in [0.4, 0.5) is 11.5 Å². The summed E-state index contributed by atoms with van der Waals surface area (Å²) in [6.07, 6.45) is 0. The van der Waals surface area contributed by atoms with E-state index in [-0.39, 0.29) is 11.6 Å². The molecular weight excluding hydrogens is 380 g/mol. The summed E-state index contributed by atoms with van der Waals surface area (Å²) in [5.74, 6) is 1.17. The molecule has 3 rings (SSSR count). The largest absolute Gasteiger partial charge is 0.495 e. The average molecular weight is 399 g/mol. The second-order valence-electron chi connectivity index (χ2n) is 5.78. The number of carbonyl (C=O) groups is 1. The molecule has 1 aromatic heterocycles. The van der Waals surface area contributed by atoms with Gasteiger partial charge in [-0.2, -0.15) is 0 Å². The van der Waals surface area contributed by atoms with Gasteiger partial charge in [-0.25, -0.2) is 0 Å². The van der Waals surface area contributed by atoms with Gasteiger partial charge in [0.2, 0.25) is 0 Å². The first-order valence-electron chi connectivity index (χ1n) is 8.45. The number of rotatable bonds is 7. The van der Waals surface area contributed by atoms with Crippen molar-refractivity contribution < 1.29 is 14.3 Å². The molecule has 0 radical (unpaired) electrons. The van der Waals surface area contributed by atoms with Crippen LogP contribution in [0.3, 0.4) is 0 Å². The lowest BCUT2D eigenvalue weighted by Crippen LogP contribution is -2.24. The van der Waals surface area contributed by atoms with Gasteiger partial charge in [0.1, 0.15) is 11.5 Å². The topological polar surface area (TPSA) is 85.4 Å². The van der Waals surface area contributed by atoms with Crippen molar-refractivity contribution in [3.05, 3.63) is 70.9 Å². The van der Waals surface area contributed by atoms with Crippen LogP contribution in [-0.4, -0.2) is 30.3 Å². The predicted molar refractivity (Wildman–Crippen MR) is 107 cm³/mol. The molecule has 7 nitrogen and oxygen atoms in total. The van der Waals surface area contributed by atoms with E-state index in [0.29, 0.717) is 34.6 Å². The molecule has 1 heterocycles. The molecule has 0 aliphatic carbocycles. The number of benzene rings is 2. The molecule has 0 aliphatic heterocycles. The first-order valence-corrected chi connectivity index (χ1v) is 8.83. The number of aromatic nitrogens is 2. The number of ether oxygens (including phenoxy) is 2. The zero-order valence-electron chi connectivity index (χ0n) is 15.4. The number of methoxy groups -OCH3 is 2. The first kappa shape index (κ1) is 19.4. The van der Waals surface area contributed by atoms with Gasteiger partial charge in [0.15, 0.2) is 11.5 Å². The van der Waals surface area contributed by atoms with Gasteiger partial charge < -0.3 is 20.1 Å². The monoisotopic (exact) mass is 398 g/mol. The lowest BCUT2D eigenvalue weighted by molar-refractivity contribution is 0.0945. The molecule has 0 unspecified atom stereocenters. The molecule has 8 heteroatoms. The van der Waals surface area contributed by atoms with E-state index in [0.717, 1.165) is 5.56 Å². The fraction of sp³-hybridized carbons (Fsp3) is 0.150. The van der Waals surface area contributed by atoms with Crippen LogP contribution in [-0.2, 0) is 6.54 Å². The van der Waals surface area contributed by atoms with Crippen LogP contribution < -0.4 is 20.1 Å². The summed E-state index contributed by atoms with van der Waals surface area (Å²) in [6.45, 7) is 0.420. The fourth-order valence-corrected chi connectivity index (χ4v) is 2.72. The van der Waals surface area contributed by atoms with Crippen LogP contribution in [0.15, 0.2) is 54.6 Å². The highest BCUT2D eigenvalue weighted by molar-refractivity contribution is 6.32. The lowest BCUT2D eigenvalue weighted by atomic mass is 10.2. The minimum atomic E-state index is -0.298. The maximum absolute atomic E-state index is 12.2. The highest BCUT2D eigenvalue weighted by Crippen LogP contribution is 2.36. The maximum Gasteiger partial charge on any atom is 0.272 e. The Morgan fingerprint density at radius 3 is 2.39 bits per heavy atom. The predicted octanol–water partition coefficient (Wildman–Crippen LogP) is 3.82. The zero-order chi connectivity index (χ0) is 19.9. The van der Waals surface area contributed by atoms with Crippen LogP contribution in [0.2, 0.25) is 5.02 Å². The van der Waals surface area contributed by atoms with Crippen molar-refractivity contribution in [3.8, 4) is 11.5 Å². The Kier molecular flexibility index (Phi) is 6.29. The Morgan fingerprint density at radius 2 is 1.75 bits per heavy atom. The van der Waals surface area contributed by atoms with Crippen molar-refractivity contribution in [2.24, 2.45) is 0 Å². The summed E-state index contributed by atoms with van der Waals surface area (Å²) in [5, 5.41) is 14.4. The number of hydrogen-bond donors (Lipinski definition) is 2. The minimum Gasteiger partial charge on any atom is -0.495 e. The Bertz CT molecular complexity index is 950. The Labute approximate surface area is 167 Å². The summed E-state index contributed by atoms with van der Waals surface area (Å²) >= 11 is 6.11. The van der Waals surface area contributed by atoms with E-state index in [1.54, 1.807) is 24.3 Å². The van der Waals surface area contributed by atoms with Crippen LogP contribution in [0, 0.1) is 0 Å². The van der Waals surface area contributed by atoms with Crippen molar-refractivity contribution in [2.75, 3.05) is 19.5 Å². The number of nitrogens with one attached hydrogen (secondary N) is 2. The average Bonchev–Trinajstić information content (AvgIpc) is 2.74. The van der Waals surface area contributed by atoms with Gasteiger partial charge in [0, 0.05) is 18.7 Å². The molecule has 144 valence electrons. The highest BCUT2D eigenvalue weighted by Gasteiger charge is 2.12. The molecule has 0 fully saturated rings. The van der Waals surface area contributed by atoms with E-state index >= 15 is 0 Å². The third-order valence-electron chi connectivity index (χ3n) is 3.93. The van der Waals surface area contributed by atoms with Crippen LogP contribution >= 0.6 is 11.6 Å². The molecule has 3 aromatic rings. The van der Waals surface area contributed by atoms with Gasteiger partial charge >= 0.3 is 0 Å². The minimum absolute atomic E-state index is 0.224. The van der Waals surface area contributed by atoms with Gasteiger partial charge in [0.25, 0.3) is 5.91 Å². The molecule has 2 aromatic carbocycles. The van der Waals surface area contributed by atoms with E-state index in [9.17, 15) is 4.79 Å². The van der Waals surface area contributed by atoms with Crippen LogP contribution in [0.1, 0.15) is 16.1 Å². The Hall–Kier alpha value is -3.32. The molecule has 0 spiro atoms. The van der Waals surface area contributed by atoms with E-state index < -0.39 is 0 Å². The molecule has 0 aliphatic rings. The van der Waals surface area contributed by atoms with Crippen molar-refractivity contribution in [3.63, 3.8) is 0 Å². The molecular formula is C20H19ClN4O3. The SMILES string of the molecule is COc1cc(Nc2ccc(C(=O)NCc3ccccc3)nn2)c(OC)cc1Cl. The quantitative estimate of drug-likeness (QED) is 0.629. The van der Waals surface area contributed by atoms with Gasteiger partial charge in [-0.05, 0) is 17.7 Å². The third kappa shape index (κ3) is 4.69. The van der Waals surface area contributed by atoms with Gasteiger partial charge in [-0.3, -0.25) is 4.79 Å². The molecule has 0 saturated carbocycles. The van der Waals surface area contributed by atoms with E-state index in [1.807, 2.05) is 30.3 Å². The summed E-state index contributed by atoms with van der Waals surface area (Å²) in [7, 11) is 3.06. The van der Waals surface area contributed by atoms with E-state index in [2.05, 4.69) is 20.8 Å². The number of hydrogen-bond acceptors (Lipinski definition) is 6. The van der Waals surface area contributed by atoms with Crippen LogP contribution in [0.25, 0.3) is 0 Å². The zero-order valence-corrected chi connectivity index (χ0v) is 16.2. The Balaban J connectivity index is 1.68. The number of amides is 1. The standard InChI is InChI=1S/C20H19ClN4O3/c1-27-17-11-16(18(28-2)10-14(17)21)23-19-9-8-15(24-25-19)20(26)22-12-13-6-4-3-5-7-13/h3-11H,12H2,1-2H3,(H,22,26)(H,23,25). The molecule has 1 amide bonds. The van der Waals surface area contributed by atoms with Gasteiger partial charge in [0.05, 0.1) is 24.9 Å². The number of carbonyl (C=O) groups excluding carboxylic acids is 1. The van der Waals surface area contributed by atoms with Crippen molar-refractivity contribution in [1.29, 1.82) is 0 Å².